The quantitative estimate of drug-likeness (QED) is 0.874. The Bertz CT molecular complexity index is 391. The van der Waals surface area contributed by atoms with E-state index in [-0.39, 0.29) is 0 Å². The van der Waals surface area contributed by atoms with Gasteiger partial charge in [0.1, 0.15) is 0 Å². The molecule has 1 fully saturated rings. The molecule has 0 aromatic carbocycles. The lowest BCUT2D eigenvalue weighted by Crippen LogP contribution is -2.46. The molecule has 0 saturated carbocycles. The molecular formula is C13H22N4O. The molecule has 1 N–H and O–H groups in total. The molecule has 2 heterocycles. The van der Waals surface area contributed by atoms with E-state index in [0.717, 1.165) is 31.3 Å². The van der Waals surface area contributed by atoms with Gasteiger partial charge in [-0.15, -0.1) is 0 Å². The smallest absolute Gasteiger partial charge is 0.229 e. The van der Waals surface area contributed by atoms with Crippen LogP contribution in [0.5, 0.6) is 5.88 Å². The maximum absolute atomic E-state index is 5.22. The molecule has 0 radical (unpaired) electrons. The molecule has 1 atom stereocenters. The second-order valence-electron chi connectivity index (χ2n) is 4.64. The highest BCUT2D eigenvalue weighted by Gasteiger charge is 2.22. The summed E-state index contributed by atoms with van der Waals surface area (Å²) in [6, 6.07) is 2.34. The molecule has 1 saturated heterocycles. The number of hydrogen-bond acceptors (Lipinski definition) is 5. The Morgan fingerprint density at radius 1 is 1.50 bits per heavy atom. The van der Waals surface area contributed by atoms with Gasteiger partial charge in [0.25, 0.3) is 0 Å². The lowest BCUT2D eigenvalue weighted by molar-refractivity contribution is 0.392. The third kappa shape index (κ3) is 2.90. The molecule has 5 nitrogen and oxygen atoms in total. The fourth-order valence-electron chi connectivity index (χ4n) is 2.42. The molecule has 1 aliphatic heterocycles. The maximum Gasteiger partial charge on any atom is 0.229 e. The van der Waals surface area contributed by atoms with Crippen molar-refractivity contribution < 1.29 is 4.74 Å². The molecule has 1 unspecified atom stereocenters. The van der Waals surface area contributed by atoms with E-state index in [1.165, 1.54) is 12.8 Å². The number of likely N-dealkylation sites (N-methyl/N-ethyl adjacent to an activating group) is 1. The van der Waals surface area contributed by atoms with Crippen molar-refractivity contribution in [1.82, 2.24) is 15.3 Å². The summed E-state index contributed by atoms with van der Waals surface area (Å²) >= 11 is 0. The number of ether oxygens (including phenoxy) is 1. The molecule has 1 aromatic heterocycles. The largest absolute Gasteiger partial charge is 0.481 e. The van der Waals surface area contributed by atoms with Crippen molar-refractivity contribution in [3.63, 3.8) is 0 Å². The Morgan fingerprint density at radius 3 is 2.94 bits per heavy atom. The van der Waals surface area contributed by atoms with Crippen LogP contribution in [0.4, 0.5) is 5.95 Å². The zero-order chi connectivity index (χ0) is 13.0. The molecule has 1 aromatic rings. The van der Waals surface area contributed by atoms with Crippen LogP contribution in [0.3, 0.4) is 0 Å². The minimum absolute atomic E-state index is 0.482. The number of aryl methyl sites for hydroxylation is 1. The zero-order valence-electron chi connectivity index (χ0n) is 11.4. The van der Waals surface area contributed by atoms with Gasteiger partial charge >= 0.3 is 0 Å². The van der Waals surface area contributed by atoms with E-state index < -0.39 is 0 Å². The highest BCUT2D eigenvalue weighted by atomic mass is 16.5. The van der Waals surface area contributed by atoms with Crippen molar-refractivity contribution in [3.05, 3.63) is 11.8 Å². The minimum atomic E-state index is 0.482. The predicted octanol–water partition coefficient (Wildman–Crippen LogP) is 1.37. The summed E-state index contributed by atoms with van der Waals surface area (Å²) in [4.78, 5) is 11.3. The van der Waals surface area contributed by atoms with Crippen LogP contribution in [0.1, 0.15) is 25.5 Å². The Morgan fingerprint density at radius 2 is 2.33 bits per heavy atom. The first-order chi connectivity index (χ1) is 8.74. The topological polar surface area (TPSA) is 50.3 Å². The monoisotopic (exact) mass is 250 g/mol. The van der Waals surface area contributed by atoms with E-state index in [9.17, 15) is 0 Å². The highest BCUT2D eigenvalue weighted by Crippen LogP contribution is 2.20. The van der Waals surface area contributed by atoms with Gasteiger partial charge in [0.2, 0.25) is 11.8 Å². The van der Waals surface area contributed by atoms with Gasteiger partial charge in [0.05, 0.1) is 7.11 Å². The van der Waals surface area contributed by atoms with Crippen molar-refractivity contribution >= 4 is 5.95 Å². The summed E-state index contributed by atoms with van der Waals surface area (Å²) in [5.74, 6) is 1.42. The number of nitrogens with zero attached hydrogens (tertiary/aromatic N) is 3. The normalized spacial score (nSPS) is 19.6. The van der Waals surface area contributed by atoms with Crippen molar-refractivity contribution in [2.75, 3.05) is 31.6 Å². The van der Waals surface area contributed by atoms with Crippen LogP contribution >= 0.6 is 0 Å². The number of methoxy groups -OCH3 is 1. The zero-order valence-corrected chi connectivity index (χ0v) is 11.4. The molecule has 0 bridgehead atoms. The first kappa shape index (κ1) is 13.1. The minimum Gasteiger partial charge on any atom is -0.481 e. The molecular weight excluding hydrogens is 228 g/mol. The fourth-order valence-corrected chi connectivity index (χ4v) is 2.42. The van der Waals surface area contributed by atoms with E-state index in [1.54, 1.807) is 7.11 Å². The van der Waals surface area contributed by atoms with Crippen molar-refractivity contribution in [2.45, 2.75) is 32.7 Å². The van der Waals surface area contributed by atoms with Crippen LogP contribution in [0.2, 0.25) is 0 Å². The summed E-state index contributed by atoms with van der Waals surface area (Å²) in [5, 5.41) is 3.43. The van der Waals surface area contributed by atoms with Crippen molar-refractivity contribution in [2.24, 2.45) is 0 Å². The van der Waals surface area contributed by atoms with E-state index in [2.05, 4.69) is 27.1 Å². The molecule has 18 heavy (non-hydrogen) atoms. The Kier molecular flexibility index (Phi) is 4.36. The van der Waals surface area contributed by atoms with Crippen LogP contribution in [0, 0.1) is 6.92 Å². The maximum atomic E-state index is 5.22. The first-order valence-corrected chi connectivity index (χ1v) is 6.61. The molecule has 0 spiro atoms. The molecule has 5 heteroatoms. The van der Waals surface area contributed by atoms with Gasteiger partial charge in [-0.2, -0.15) is 4.98 Å². The van der Waals surface area contributed by atoms with Crippen LogP contribution in [-0.4, -0.2) is 42.8 Å². The number of hydrogen-bond donors (Lipinski definition) is 1. The summed E-state index contributed by atoms with van der Waals surface area (Å²) in [6.07, 6.45) is 2.41. The average Bonchev–Trinajstić information content (AvgIpc) is 2.40. The Labute approximate surface area is 109 Å². The van der Waals surface area contributed by atoms with Crippen molar-refractivity contribution in [3.8, 4) is 5.88 Å². The third-order valence-electron chi connectivity index (χ3n) is 3.34. The van der Waals surface area contributed by atoms with Gasteiger partial charge < -0.3 is 15.0 Å². The summed E-state index contributed by atoms with van der Waals surface area (Å²) in [5.41, 5.74) is 0.944. The number of rotatable bonds is 4. The van der Waals surface area contributed by atoms with Gasteiger partial charge in [-0.1, -0.05) is 0 Å². The SMILES string of the molecule is CCN(c1nc(C)cc(OC)n1)C1CCCNC1. The lowest BCUT2D eigenvalue weighted by atomic mass is 10.1. The van der Waals surface area contributed by atoms with Crippen LogP contribution in [0.25, 0.3) is 0 Å². The second-order valence-corrected chi connectivity index (χ2v) is 4.64. The van der Waals surface area contributed by atoms with Gasteiger partial charge in [0.15, 0.2) is 0 Å². The van der Waals surface area contributed by atoms with Crippen LogP contribution in [-0.2, 0) is 0 Å². The second kappa shape index (κ2) is 6.00. The number of nitrogens with one attached hydrogen (secondary N) is 1. The Hall–Kier alpha value is -1.36. The molecule has 0 amide bonds. The number of anilines is 1. The number of piperidine rings is 1. The van der Waals surface area contributed by atoms with Gasteiger partial charge in [-0.25, -0.2) is 4.98 Å². The van der Waals surface area contributed by atoms with Crippen LogP contribution in [0.15, 0.2) is 6.07 Å². The van der Waals surface area contributed by atoms with Crippen LogP contribution < -0.4 is 15.0 Å². The van der Waals surface area contributed by atoms with E-state index in [0.29, 0.717) is 11.9 Å². The summed E-state index contributed by atoms with van der Waals surface area (Å²) in [6.45, 7) is 7.16. The molecule has 1 aliphatic rings. The van der Waals surface area contributed by atoms with Gasteiger partial charge in [-0.05, 0) is 33.2 Å². The number of aromatic nitrogens is 2. The highest BCUT2D eigenvalue weighted by molar-refractivity contribution is 5.36. The predicted molar refractivity (Wildman–Crippen MR) is 72.2 cm³/mol. The third-order valence-corrected chi connectivity index (χ3v) is 3.34. The summed E-state index contributed by atoms with van der Waals surface area (Å²) < 4.78 is 5.22. The van der Waals surface area contributed by atoms with Gasteiger partial charge in [-0.3, -0.25) is 0 Å². The Balaban J connectivity index is 2.22. The standard InChI is InChI=1S/C13H22N4O/c1-4-17(11-6-5-7-14-9-11)13-15-10(2)8-12(16-13)18-3/h8,11,14H,4-7,9H2,1-3H3. The van der Waals surface area contributed by atoms with E-state index in [1.807, 2.05) is 13.0 Å². The lowest BCUT2D eigenvalue weighted by Gasteiger charge is -2.34. The molecule has 100 valence electrons. The molecule has 2 rings (SSSR count). The summed E-state index contributed by atoms with van der Waals surface area (Å²) in [7, 11) is 1.64. The van der Waals surface area contributed by atoms with Crippen molar-refractivity contribution in [1.29, 1.82) is 0 Å². The molecule has 0 aliphatic carbocycles. The first-order valence-electron chi connectivity index (χ1n) is 6.61. The fraction of sp³-hybridized carbons (Fsp3) is 0.692. The average molecular weight is 250 g/mol. The van der Waals surface area contributed by atoms with Gasteiger partial charge in [0, 0.05) is 30.9 Å². The van der Waals surface area contributed by atoms with E-state index in [4.69, 9.17) is 4.74 Å². The van der Waals surface area contributed by atoms with E-state index >= 15 is 0 Å².